The Balaban J connectivity index is 1.97. The van der Waals surface area contributed by atoms with Crippen LogP contribution in [0.3, 0.4) is 0 Å². The molecular weight excluding hydrogens is 400 g/mol. The molecule has 0 fully saturated rings. The highest BCUT2D eigenvalue weighted by atomic mass is 32.2. The highest BCUT2D eigenvalue weighted by molar-refractivity contribution is 7.92. The van der Waals surface area contributed by atoms with Crippen molar-refractivity contribution in [3.8, 4) is 5.75 Å². The van der Waals surface area contributed by atoms with E-state index in [1.165, 1.54) is 24.1 Å². The molecule has 30 heavy (non-hydrogen) atoms. The van der Waals surface area contributed by atoms with E-state index in [0.29, 0.717) is 17.1 Å². The van der Waals surface area contributed by atoms with Crippen LogP contribution in [0.1, 0.15) is 5.56 Å². The molecule has 0 spiro atoms. The number of carbonyl (C=O) groups excluding carboxylic acids is 1. The SMILES string of the molecule is COc1ccc(S(=O)(=O)N(CC(=O)N(C)c2ccccc2)c2ccc(C)cc2)cc1. The average Bonchev–Trinajstić information content (AvgIpc) is 2.78. The van der Waals surface area contributed by atoms with Crippen molar-refractivity contribution in [2.75, 3.05) is 29.9 Å². The minimum absolute atomic E-state index is 0.0824. The lowest BCUT2D eigenvalue weighted by Gasteiger charge is -2.27. The third-order valence-electron chi connectivity index (χ3n) is 4.77. The number of hydrogen-bond acceptors (Lipinski definition) is 4. The van der Waals surface area contributed by atoms with Gasteiger partial charge in [0.25, 0.3) is 10.0 Å². The van der Waals surface area contributed by atoms with E-state index in [1.807, 2.05) is 37.3 Å². The Morgan fingerprint density at radius 2 is 1.47 bits per heavy atom. The van der Waals surface area contributed by atoms with E-state index >= 15 is 0 Å². The lowest BCUT2D eigenvalue weighted by Crippen LogP contribution is -2.41. The van der Waals surface area contributed by atoms with Crippen LogP contribution in [0.5, 0.6) is 5.75 Å². The molecule has 0 saturated carbocycles. The minimum Gasteiger partial charge on any atom is -0.497 e. The molecule has 0 aromatic heterocycles. The number of hydrogen-bond donors (Lipinski definition) is 0. The van der Waals surface area contributed by atoms with E-state index in [9.17, 15) is 13.2 Å². The van der Waals surface area contributed by atoms with Gasteiger partial charge in [0.2, 0.25) is 5.91 Å². The molecule has 0 saturated heterocycles. The Labute approximate surface area is 177 Å². The first-order valence-corrected chi connectivity index (χ1v) is 10.8. The predicted octanol–water partition coefficient (Wildman–Crippen LogP) is 3.86. The molecule has 1 amide bonds. The molecule has 0 bridgehead atoms. The second-order valence-electron chi connectivity index (χ2n) is 6.81. The number of para-hydroxylation sites is 1. The summed E-state index contributed by atoms with van der Waals surface area (Å²) >= 11 is 0. The van der Waals surface area contributed by atoms with Gasteiger partial charge in [-0.05, 0) is 55.5 Å². The van der Waals surface area contributed by atoms with Gasteiger partial charge in [0, 0.05) is 12.7 Å². The maximum atomic E-state index is 13.4. The van der Waals surface area contributed by atoms with Crippen molar-refractivity contribution >= 4 is 27.3 Å². The molecule has 0 radical (unpaired) electrons. The van der Waals surface area contributed by atoms with Crippen molar-refractivity contribution in [1.29, 1.82) is 0 Å². The van der Waals surface area contributed by atoms with Crippen LogP contribution in [0.2, 0.25) is 0 Å². The molecule has 7 heteroatoms. The molecule has 0 unspecified atom stereocenters. The maximum Gasteiger partial charge on any atom is 0.264 e. The zero-order chi connectivity index (χ0) is 21.7. The van der Waals surface area contributed by atoms with E-state index in [-0.39, 0.29) is 17.3 Å². The Bertz CT molecular complexity index is 1100. The lowest BCUT2D eigenvalue weighted by atomic mass is 10.2. The topological polar surface area (TPSA) is 66.9 Å². The van der Waals surface area contributed by atoms with E-state index in [1.54, 1.807) is 43.4 Å². The number of benzene rings is 3. The van der Waals surface area contributed by atoms with Gasteiger partial charge in [-0.25, -0.2) is 8.42 Å². The molecule has 3 aromatic carbocycles. The normalized spacial score (nSPS) is 11.0. The molecule has 6 nitrogen and oxygen atoms in total. The number of likely N-dealkylation sites (N-methyl/N-ethyl adjacent to an activating group) is 1. The molecule has 0 aliphatic heterocycles. The van der Waals surface area contributed by atoms with Gasteiger partial charge in [-0.1, -0.05) is 35.9 Å². The highest BCUT2D eigenvalue weighted by Crippen LogP contribution is 2.26. The number of rotatable bonds is 7. The second-order valence-corrected chi connectivity index (χ2v) is 8.67. The van der Waals surface area contributed by atoms with E-state index in [4.69, 9.17) is 4.74 Å². The maximum absolute atomic E-state index is 13.4. The largest absolute Gasteiger partial charge is 0.497 e. The number of sulfonamides is 1. The molecule has 0 aliphatic rings. The summed E-state index contributed by atoms with van der Waals surface area (Å²) in [6.45, 7) is 1.59. The van der Waals surface area contributed by atoms with Gasteiger partial charge < -0.3 is 9.64 Å². The van der Waals surface area contributed by atoms with Crippen molar-refractivity contribution in [2.45, 2.75) is 11.8 Å². The molecular formula is C23H24N2O4S. The first-order valence-electron chi connectivity index (χ1n) is 9.38. The van der Waals surface area contributed by atoms with Crippen LogP contribution >= 0.6 is 0 Å². The fourth-order valence-corrected chi connectivity index (χ4v) is 4.34. The van der Waals surface area contributed by atoms with Crippen LogP contribution in [0.15, 0.2) is 83.8 Å². The number of aryl methyl sites for hydroxylation is 1. The van der Waals surface area contributed by atoms with Crippen LogP contribution in [0.25, 0.3) is 0 Å². The fourth-order valence-electron chi connectivity index (χ4n) is 2.93. The molecule has 0 N–H and O–H groups in total. The van der Waals surface area contributed by atoms with Crippen molar-refractivity contribution in [3.05, 3.63) is 84.4 Å². The molecule has 3 rings (SSSR count). The van der Waals surface area contributed by atoms with Crippen molar-refractivity contribution in [3.63, 3.8) is 0 Å². The third-order valence-corrected chi connectivity index (χ3v) is 6.55. The first-order chi connectivity index (χ1) is 14.3. The predicted molar refractivity (Wildman–Crippen MR) is 119 cm³/mol. The number of nitrogens with zero attached hydrogens (tertiary/aromatic N) is 2. The summed E-state index contributed by atoms with van der Waals surface area (Å²) in [6.07, 6.45) is 0. The number of amides is 1. The van der Waals surface area contributed by atoms with E-state index < -0.39 is 10.0 Å². The van der Waals surface area contributed by atoms with Crippen molar-refractivity contribution in [1.82, 2.24) is 0 Å². The Morgan fingerprint density at radius 3 is 2.03 bits per heavy atom. The first kappa shape index (κ1) is 21.4. The van der Waals surface area contributed by atoms with Crippen molar-refractivity contribution in [2.24, 2.45) is 0 Å². The quantitative estimate of drug-likeness (QED) is 0.578. The van der Waals surface area contributed by atoms with E-state index in [0.717, 1.165) is 9.87 Å². The smallest absolute Gasteiger partial charge is 0.264 e. The molecule has 156 valence electrons. The second kappa shape index (κ2) is 9.00. The number of methoxy groups -OCH3 is 1. The third kappa shape index (κ3) is 4.63. The van der Waals surface area contributed by atoms with Gasteiger partial charge in [-0.3, -0.25) is 9.10 Å². The van der Waals surface area contributed by atoms with Gasteiger partial charge in [0.05, 0.1) is 17.7 Å². The lowest BCUT2D eigenvalue weighted by molar-refractivity contribution is -0.116. The summed E-state index contributed by atoms with van der Waals surface area (Å²) in [5.41, 5.74) is 2.10. The summed E-state index contributed by atoms with van der Waals surface area (Å²) in [4.78, 5) is 14.5. The van der Waals surface area contributed by atoms with Crippen LogP contribution < -0.4 is 13.9 Å². The van der Waals surface area contributed by atoms with Gasteiger partial charge in [0.1, 0.15) is 12.3 Å². The zero-order valence-corrected chi connectivity index (χ0v) is 18.0. The summed E-state index contributed by atoms with van der Waals surface area (Å²) in [7, 11) is -0.828. The standard InChI is InChI=1S/C23H24N2O4S/c1-18-9-11-20(12-10-18)25(17-23(26)24(2)19-7-5-4-6-8-19)30(27,28)22-15-13-21(29-3)14-16-22/h4-16H,17H2,1-3H3. The Kier molecular flexibility index (Phi) is 6.42. The Morgan fingerprint density at radius 1 is 0.867 bits per heavy atom. The molecule has 0 aliphatic carbocycles. The monoisotopic (exact) mass is 424 g/mol. The minimum atomic E-state index is -3.97. The van der Waals surface area contributed by atoms with Crippen LogP contribution in [0.4, 0.5) is 11.4 Å². The number of carbonyl (C=O) groups is 1. The van der Waals surface area contributed by atoms with Crippen LogP contribution in [-0.4, -0.2) is 35.0 Å². The van der Waals surface area contributed by atoms with E-state index in [2.05, 4.69) is 0 Å². The fraction of sp³-hybridized carbons (Fsp3) is 0.174. The number of ether oxygens (including phenoxy) is 1. The molecule has 0 atom stereocenters. The summed E-state index contributed by atoms with van der Waals surface area (Å²) < 4.78 is 33.1. The van der Waals surface area contributed by atoms with Crippen molar-refractivity contribution < 1.29 is 17.9 Å². The summed E-state index contributed by atoms with van der Waals surface area (Å²) in [5, 5.41) is 0. The summed E-state index contributed by atoms with van der Waals surface area (Å²) in [6, 6.07) is 22.2. The van der Waals surface area contributed by atoms with Gasteiger partial charge in [-0.2, -0.15) is 0 Å². The van der Waals surface area contributed by atoms with Gasteiger partial charge in [-0.15, -0.1) is 0 Å². The molecule has 0 heterocycles. The zero-order valence-electron chi connectivity index (χ0n) is 17.1. The Hall–Kier alpha value is -3.32. The number of anilines is 2. The summed E-state index contributed by atoms with van der Waals surface area (Å²) in [5.74, 6) is 0.203. The average molecular weight is 425 g/mol. The van der Waals surface area contributed by atoms with Gasteiger partial charge >= 0.3 is 0 Å². The van der Waals surface area contributed by atoms with Gasteiger partial charge in [0.15, 0.2) is 0 Å². The van der Waals surface area contributed by atoms with Crippen LogP contribution in [-0.2, 0) is 14.8 Å². The van der Waals surface area contributed by atoms with Crippen LogP contribution in [0, 0.1) is 6.92 Å². The highest BCUT2D eigenvalue weighted by Gasteiger charge is 2.28. The molecule has 3 aromatic rings.